The molecular weight excluding hydrogens is 181 g/mol. The van der Waals surface area contributed by atoms with Gasteiger partial charge in [-0.15, -0.1) is 0 Å². The zero-order chi connectivity index (χ0) is 8.39. The quantitative estimate of drug-likeness (QED) is 0.743. The summed E-state index contributed by atoms with van der Waals surface area (Å²) >= 11 is 1.10. The molecule has 1 N–H and O–H groups in total. The van der Waals surface area contributed by atoms with Crippen LogP contribution in [0.2, 0.25) is 0 Å². The smallest absolute Gasteiger partial charge is 0.160 e. The summed E-state index contributed by atoms with van der Waals surface area (Å²) in [5.74, 6) is 0.623. The van der Waals surface area contributed by atoms with Gasteiger partial charge in [0.05, 0.1) is 37.2 Å². The number of ether oxygens (including phenoxy) is 1. The minimum Gasteiger partial charge on any atom is -0.376 e. The molecule has 2 unspecified atom stereocenters. The van der Waals surface area contributed by atoms with Gasteiger partial charge in [0.2, 0.25) is 0 Å². The van der Waals surface area contributed by atoms with Gasteiger partial charge < -0.3 is 10.1 Å². The number of nitrogens with one attached hydrogen (secondary N) is 1. The van der Waals surface area contributed by atoms with Crippen LogP contribution in [0.4, 0.5) is 10.2 Å². The van der Waals surface area contributed by atoms with Crippen LogP contribution in [0.1, 0.15) is 0 Å². The van der Waals surface area contributed by atoms with Crippen LogP contribution in [-0.4, -0.2) is 34.2 Å². The molecule has 0 aromatic carbocycles. The highest BCUT2D eigenvalue weighted by molar-refractivity contribution is 6.99. The first-order valence-electron chi connectivity index (χ1n) is 3.62. The molecule has 66 valence electrons. The number of aromatic nitrogens is 2. The van der Waals surface area contributed by atoms with E-state index in [0.29, 0.717) is 12.4 Å². The molecule has 0 radical (unpaired) electrons. The molecule has 0 bridgehead atoms. The molecule has 2 heterocycles. The van der Waals surface area contributed by atoms with Crippen molar-refractivity contribution in [3.8, 4) is 0 Å². The third-order valence-corrected chi connectivity index (χ3v) is 2.18. The Balaban J connectivity index is 1.95. The summed E-state index contributed by atoms with van der Waals surface area (Å²) in [6.45, 7) is 0.577. The Bertz CT molecular complexity index is 243. The van der Waals surface area contributed by atoms with Gasteiger partial charge in [-0.1, -0.05) is 0 Å². The highest BCUT2D eigenvalue weighted by Crippen LogP contribution is 2.14. The zero-order valence-corrected chi connectivity index (χ0v) is 7.05. The van der Waals surface area contributed by atoms with E-state index in [1.54, 1.807) is 6.20 Å². The van der Waals surface area contributed by atoms with Gasteiger partial charge in [-0.3, -0.25) is 0 Å². The molecule has 1 aliphatic heterocycles. The van der Waals surface area contributed by atoms with Gasteiger partial charge >= 0.3 is 0 Å². The van der Waals surface area contributed by atoms with E-state index in [2.05, 4.69) is 14.1 Å². The summed E-state index contributed by atoms with van der Waals surface area (Å²) < 4.78 is 25.6. The van der Waals surface area contributed by atoms with E-state index >= 15 is 0 Å². The lowest BCUT2D eigenvalue weighted by molar-refractivity contribution is 0.173. The Morgan fingerprint density at radius 3 is 3.17 bits per heavy atom. The van der Waals surface area contributed by atoms with Crippen molar-refractivity contribution in [3.63, 3.8) is 0 Å². The number of anilines is 1. The van der Waals surface area contributed by atoms with Crippen LogP contribution in [0.5, 0.6) is 0 Å². The predicted octanol–water partition coefficient (Wildman–Crippen LogP) is 0.687. The standard InChI is InChI=1S/C6H8FN3OS/c7-4-2-11-3-5(4)9-6-1-8-12-10-6/h1,4-5H,2-3H2,(H,9,10). The topological polar surface area (TPSA) is 47.0 Å². The predicted molar refractivity (Wildman–Crippen MR) is 43.0 cm³/mol. The first kappa shape index (κ1) is 7.88. The number of halogens is 1. The second-order valence-corrected chi connectivity index (χ2v) is 3.15. The summed E-state index contributed by atoms with van der Waals surface area (Å²) in [4.78, 5) is 0. The van der Waals surface area contributed by atoms with Gasteiger partial charge in [-0.2, -0.15) is 8.75 Å². The van der Waals surface area contributed by atoms with Crippen LogP contribution in [0.15, 0.2) is 6.20 Å². The van der Waals surface area contributed by atoms with Crippen LogP contribution >= 0.6 is 11.7 Å². The van der Waals surface area contributed by atoms with Crippen LogP contribution in [0.25, 0.3) is 0 Å². The fourth-order valence-corrected chi connectivity index (χ4v) is 1.46. The third kappa shape index (κ3) is 1.54. The molecule has 2 atom stereocenters. The van der Waals surface area contributed by atoms with Crippen LogP contribution in [0.3, 0.4) is 0 Å². The highest BCUT2D eigenvalue weighted by atomic mass is 32.1. The van der Waals surface area contributed by atoms with Gasteiger partial charge in [-0.25, -0.2) is 4.39 Å². The van der Waals surface area contributed by atoms with Crippen molar-refractivity contribution in [1.82, 2.24) is 8.75 Å². The first-order valence-corrected chi connectivity index (χ1v) is 4.35. The minimum atomic E-state index is -0.938. The lowest BCUT2D eigenvalue weighted by Gasteiger charge is -2.10. The monoisotopic (exact) mass is 189 g/mol. The SMILES string of the molecule is FC1COCC1Nc1cnsn1. The summed E-state index contributed by atoms with van der Waals surface area (Å²) in [5.41, 5.74) is 0. The number of rotatable bonds is 2. The van der Waals surface area contributed by atoms with Gasteiger partial charge in [0.1, 0.15) is 6.17 Å². The van der Waals surface area contributed by atoms with E-state index < -0.39 is 6.17 Å². The number of hydrogen-bond donors (Lipinski definition) is 1. The van der Waals surface area contributed by atoms with Gasteiger partial charge in [-0.05, 0) is 0 Å². The Kier molecular flexibility index (Phi) is 2.18. The number of alkyl halides is 1. The molecule has 1 aromatic rings. The van der Waals surface area contributed by atoms with E-state index in [9.17, 15) is 4.39 Å². The molecule has 1 aromatic heterocycles. The maximum Gasteiger partial charge on any atom is 0.160 e. The zero-order valence-electron chi connectivity index (χ0n) is 6.24. The average Bonchev–Trinajstić information content (AvgIpc) is 2.65. The van der Waals surface area contributed by atoms with Crippen molar-refractivity contribution in [3.05, 3.63) is 6.20 Å². The molecule has 0 amide bonds. The fraction of sp³-hybridized carbons (Fsp3) is 0.667. The molecule has 1 saturated heterocycles. The Hall–Kier alpha value is -0.750. The van der Waals surface area contributed by atoms with Gasteiger partial charge in [0, 0.05) is 0 Å². The van der Waals surface area contributed by atoms with E-state index in [0.717, 1.165) is 11.7 Å². The number of hydrogen-bond acceptors (Lipinski definition) is 5. The molecule has 2 rings (SSSR count). The van der Waals surface area contributed by atoms with Crippen molar-refractivity contribution in [1.29, 1.82) is 0 Å². The molecule has 0 saturated carbocycles. The maximum absolute atomic E-state index is 12.9. The second kappa shape index (κ2) is 3.32. The molecule has 4 nitrogen and oxygen atoms in total. The van der Waals surface area contributed by atoms with Crippen LogP contribution < -0.4 is 5.32 Å². The van der Waals surface area contributed by atoms with E-state index in [4.69, 9.17) is 4.74 Å². The highest BCUT2D eigenvalue weighted by Gasteiger charge is 2.28. The second-order valence-electron chi connectivity index (χ2n) is 2.60. The fourth-order valence-electron chi connectivity index (χ4n) is 1.08. The Morgan fingerprint density at radius 2 is 2.58 bits per heavy atom. The van der Waals surface area contributed by atoms with Gasteiger partial charge in [0.25, 0.3) is 0 Å². The Labute approximate surface area is 73.1 Å². The van der Waals surface area contributed by atoms with Crippen LogP contribution in [0, 0.1) is 0 Å². The molecule has 0 aliphatic carbocycles. The molecule has 12 heavy (non-hydrogen) atoms. The molecule has 1 aliphatic rings. The molecule has 1 fully saturated rings. The molecule has 0 spiro atoms. The minimum absolute atomic E-state index is 0.176. The van der Waals surface area contributed by atoms with Crippen molar-refractivity contribution < 1.29 is 9.13 Å². The lowest BCUT2D eigenvalue weighted by Crippen LogP contribution is -2.28. The summed E-state index contributed by atoms with van der Waals surface area (Å²) in [6.07, 6.45) is 0.641. The van der Waals surface area contributed by atoms with Crippen molar-refractivity contribution in [2.75, 3.05) is 18.5 Å². The lowest BCUT2D eigenvalue weighted by atomic mass is 10.2. The van der Waals surface area contributed by atoms with E-state index in [-0.39, 0.29) is 12.6 Å². The molecule has 6 heteroatoms. The Morgan fingerprint density at radius 1 is 1.67 bits per heavy atom. The van der Waals surface area contributed by atoms with Crippen molar-refractivity contribution in [2.45, 2.75) is 12.2 Å². The average molecular weight is 189 g/mol. The summed E-state index contributed by atoms with van der Waals surface area (Å²) in [6, 6.07) is -0.270. The summed E-state index contributed by atoms with van der Waals surface area (Å²) in [5, 5.41) is 2.91. The van der Waals surface area contributed by atoms with E-state index in [1.165, 1.54) is 0 Å². The van der Waals surface area contributed by atoms with Crippen molar-refractivity contribution in [2.24, 2.45) is 0 Å². The molecular formula is C6H8FN3OS. The van der Waals surface area contributed by atoms with Gasteiger partial charge in [0.15, 0.2) is 5.82 Å². The van der Waals surface area contributed by atoms with Crippen molar-refractivity contribution >= 4 is 17.5 Å². The maximum atomic E-state index is 12.9. The van der Waals surface area contributed by atoms with Crippen LogP contribution in [-0.2, 0) is 4.74 Å². The number of nitrogens with zero attached hydrogens (tertiary/aromatic N) is 2. The van der Waals surface area contributed by atoms with E-state index in [1.807, 2.05) is 0 Å². The largest absolute Gasteiger partial charge is 0.376 e. The normalized spacial score (nSPS) is 29.1. The third-order valence-electron chi connectivity index (χ3n) is 1.71. The summed E-state index contributed by atoms with van der Waals surface area (Å²) in [7, 11) is 0. The first-order chi connectivity index (χ1) is 5.86.